The van der Waals surface area contributed by atoms with Gasteiger partial charge in [-0.3, -0.25) is 4.99 Å². The molecular formula is C31H23ClN2O2. The number of aromatic nitrogens is 1. The molecule has 0 amide bonds. The molecule has 0 aliphatic carbocycles. The monoisotopic (exact) mass is 490 g/mol. The van der Waals surface area contributed by atoms with Crippen molar-refractivity contribution in [2.45, 2.75) is 0 Å². The van der Waals surface area contributed by atoms with Crippen LogP contribution in [0.25, 0.3) is 28.2 Å². The fourth-order valence-electron chi connectivity index (χ4n) is 4.19. The van der Waals surface area contributed by atoms with Crippen LogP contribution in [0.15, 0.2) is 120 Å². The normalized spacial score (nSPS) is 11.1. The molecule has 0 atom stereocenters. The maximum absolute atomic E-state index is 12.1. The van der Waals surface area contributed by atoms with Crippen LogP contribution in [0.5, 0.6) is 0 Å². The van der Waals surface area contributed by atoms with Gasteiger partial charge in [0.1, 0.15) is 0 Å². The quantitative estimate of drug-likeness (QED) is 0.179. The van der Waals surface area contributed by atoms with E-state index in [4.69, 9.17) is 21.3 Å². The van der Waals surface area contributed by atoms with Gasteiger partial charge in [-0.05, 0) is 47.5 Å². The number of methoxy groups -OCH3 is 1. The second-order valence-corrected chi connectivity index (χ2v) is 8.56. The van der Waals surface area contributed by atoms with Gasteiger partial charge >= 0.3 is 5.97 Å². The lowest BCUT2D eigenvalue weighted by Gasteiger charge is -2.15. The van der Waals surface area contributed by atoms with Crippen molar-refractivity contribution < 1.29 is 9.53 Å². The predicted molar refractivity (Wildman–Crippen MR) is 147 cm³/mol. The van der Waals surface area contributed by atoms with Gasteiger partial charge in [0.25, 0.3) is 0 Å². The van der Waals surface area contributed by atoms with E-state index in [1.54, 1.807) is 18.2 Å². The van der Waals surface area contributed by atoms with E-state index in [0.29, 0.717) is 10.7 Å². The van der Waals surface area contributed by atoms with E-state index in [1.807, 2.05) is 60.8 Å². The number of ether oxygens (including phenoxy) is 1. The second-order valence-electron chi connectivity index (χ2n) is 8.15. The van der Waals surface area contributed by atoms with Gasteiger partial charge in [0.15, 0.2) is 0 Å². The van der Waals surface area contributed by atoms with Crippen molar-refractivity contribution in [3.8, 4) is 28.2 Å². The number of hydrogen-bond acceptors (Lipinski definition) is 3. The molecule has 4 aromatic carbocycles. The number of esters is 1. The number of hydrogen-bond donors (Lipinski definition) is 0. The van der Waals surface area contributed by atoms with Crippen molar-refractivity contribution in [1.29, 1.82) is 0 Å². The van der Waals surface area contributed by atoms with Gasteiger partial charge in [0.2, 0.25) is 0 Å². The SMILES string of the molecule is COC(=O)c1cc(N=Cc2cc(-c3ccccc3)n(-c3ccccc3)c2-c2ccccc2)ccc1Cl. The van der Waals surface area contributed by atoms with Crippen molar-refractivity contribution in [2.24, 2.45) is 4.99 Å². The van der Waals surface area contributed by atoms with Crippen molar-refractivity contribution >= 4 is 29.5 Å². The van der Waals surface area contributed by atoms with Crippen LogP contribution in [0.1, 0.15) is 15.9 Å². The Morgan fingerprint density at radius 3 is 2.06 bits per heavy atom. The lowest BCUT2D eigenvalue weighted by atomic mass is 10.1. The minimum Gasteiger partial charge on any atom is -0.465 e. The Morgan fingerprint density at radius 1 is 0.806 bits per heavy atom. The highest BCUT2D eigenvalue weighted by atomic mass is 35.5. The number of rotatable bonds is 6. The fraction of sp³-hybridized carbons (Fsp3) is 0.0323. The molecule has 0 bridgehead atoms. The molecule has 5 rings (SSSR count). The molecule has 0 aliphatic heterocycles. The topological polar surface area (TPSA) is 43.6 Å². The van der Waals surface area contributed by atoms with Crippen molar-refractivity contribution in [3.05, 3.63) is 131 Å². The molecule has 0 saturated carbocycles. The van der Waals surface area contributed by atoms with Gasteiger partial charge in [-0.2, -0.15) is 0 Å². The van der Waals surface area contributed by atoms with Crippen molar-refractivity contribution in [3.63, 3.8) is 0 Å². The maximum Gasteiger partial charge on any atom is 0.339 e. The van der Waals surface area contributed by atoms with E-state index >= 15 is 0 Å². The summed E-state index contributed by atoms with van der Waals surface area (Å²) in [6, 6.07) is 38.1. The summed E-state index contributed by atoms with van der Waals surface area (Å²) in [5.74, 6) is -0.497. The van der Waals surface area contributed by atoms with Gasteiger partial charge in [-0.15, -0.1) is 0 Å². The standard InChI is InChI=1S/C31H23ClN2O2/c1-36-31(35)27-20-25(17-18-28(27)32)33-21-24-19-29(22-11-5-2-6-12-22)34(26-15-9-4-10-16-26)30(24)23-13-7-3-8-14-23/h2-21H,1H3. The Hall–Kier alpha value is -4.41. The summed E-state index contributed by atoms with van der Waals surface area (Å²) >= 11 is 6.20. The number of benzene rings is 4. The molecule has 0 saturated heterocycles. The Morgan fingerprint density at radius 2 is 1.42 bits per heavy atom. The lowest BCUT2D eigenvalue weighted by Crippen LogP contribution is -2.01. The van der Waals surface area contributed by atoms with E-state index in [2.05, 4.69) is 47.0 Å². The first kappa shape index (κ1) is 23.3. The zero-order chi connectivity index (χ0) is 24.9. The van der Waals surface area contributed by atoms with Crippen LogP contribution >= 0.6 is 11.6 Å². The smallest absolute Gasteiger partial charge is 0.339 e. The molecule has 0 N–H and O–H groups in total. The molecule has 5 heteroatoms. The number of para-hydroxylation sites is 1. The molecule has 4 nitrogen and oxygen atoms in total. The molecule has 0 spiro atoms. The van der Waals surface area contributed by atoms with E-state index in [9.17, 15) is 4.79 Å². The summed E-state index contributed by atoms with van der Waals surface area (Å²) in [6.07, 6.45) is 1.83. The first-order valence-electron chi connectivity index (χ1n) is 11.5. The average Bonchev–Trinajstić information content (AvgIpc) is 3.33. The Balaban J connectivity index is 1.72. The lowest BCUT2D eigenvalue weighted by molar-refractivity contribution is 0.0601. The third-order valence-electron chi connectivity index (χ3n) is 5.87. The third-order valence-corrected chi connectivity index (χ3v) is 6.20. The van der Waals surface area contributed by atoms with Gasteiger partial charge < -0.3 is 9.30 Å². The summed E-state index contributed by atoms with van der Waals surface area (Å²) in [7, 11) is 1.33. The Labute approximate surface area is 215 Å². The molecule has 0 fully saturated rings. The first-order valence-corrected chi connectivity index (χ1v) is 11.9. The third kappa shape index (κ3) is 4.72. The average molecular weight is 491 g/mol. The summed E-state index contributed by atoms with van der Waals surface area (Å²) in [4.78, 5) is 16.8. The van der Waals surface area contributed by atoms with Crippen molar-refractivity contribution in [1.82, 2.24) is 4.57 Å². The van der Waals surface area contributed by atoms with Gasteiger partial charge in [0.05, 0.1) is 34.8 Å². The predicted octanol–water partition coefficient (Wildman–Crippen LogP) is 8.00. The van der Waals surface area contributed by atoms with Gasteiger partial charge in [-0.25, -0.2) is 4.79 Å². The highest BCUT2D eigenvalue weighted by molar-refractivity contribution is 6.33. The van der Waals surface area contributed by atoms with Crippen LogP contribution in [0.3, 0.4) is 0 Å². The fourth-order valence-corrected chi connectivity index (χ4v) is 4.39. The molecule has 0 unspecified atom stereocenters. The van der Waals surface area contributed by atoms with Crippen LogP contribution in [0.2, 0.25) is 5.02 Å². The highest BCUT2D eigenvalue weighted by Gasteiger charge is 2.18. The minimum atomic E-state index is -0.497. The molecule has 1 heterocycles. The maximum atomic E-state index is 12.1. The molecule has 5 aromatic rings. The summed E-state index contributed by atoms with van der Waals surface area (Å²) < 4.78 is 7.11. The molecular weight excluding hydrogens is 468 g/mol. The Bertz CT molecular complexity index is 1530. The molecule has 1 aromatic heterocycles. The van der Waals surface area contributed by atoms with E-state index in [-0.39, 0.29) is 5.56 Å². The number of carbonyl (C=O) groups excluding carboxylic acids is 1. The van der Waals surface area contributed by atoms with Gasteiger partial charge in [-0.1, -0.05) is 90.5 Å². The number of halogens is 1. The van der Waals surface area contributed by atoms with E-state index in [1.165, 1.54) is 7.11 Å². The molecule has 0 radical (unpaired) electrons. The van der Waals surface area contributed by atoms with E-state index in [0.717, 1.165) is 33.8 Å². The van der Waals surface area contributed by atoms with Gasteiger partial charge in [0, 0.05) is 17.5 Å². The summed E-state index contributed by atoms with van der Waals surface area (Å²) in [6.45, 7) is 0. The van der Waals surface area contributed by atoms with Crippen LogP contribution in [-0.4, -0.2) is 23.9 Å². The van der Waals surface area contributed by atoms with E-state index < -0.39 is 5.97 Å². The summed E-state index contributed by atoms with van der Waals surface area (Å²) in [5.41, 5.74) is 7.11. The number of nitrogens with zero attached hydrogens (tertiary/aromatic N) is 2. The molecule has 176 valence electrons. The largest absolute Gasteiger partial charge is 0.465 e. The van der Waals surface area contributed by atoms with Crippen LogP contribution < -0.4 is 0 Å². The number of aliphatic imine (C=N–C) groups is 1. The minimum absolute atomic E-state index is 0.281. The zero-order valence-corrected chi connectivity index (χ0v) is 20.4. The highest BCUT2D eigenvalue weighted by Crippen LogP contribution is 2.35. The van der Waals surface area contributed by atoms with Crippen LogP contribution in [0.4, 0.5) is 5.69 Å². The van der Waals surface area contributed by atoms with Crippen LogP contribution in [-0.2, 0) is 4.74 Å². The second kappa shape index (κ2) is 10.5. The summed E-state index contributed by atoms with van der Waals surface area (Å²) in [5, 5.41) is 0.326. The molecule has 36 heavy (non-hydrogen) atoms. The Kier molecular flexibility index (Phi) is 6.78. The molecule has 0 aliphatic rings. The first-order chi connectivity index (χ1) is 17.7. The van der Waals surface area contributed by atoms with Crippen molar-refractivity contribution in [2.75, 3.05) is 7.11 Å². The van der Waals surface area contributed by atoms with Crippen LogP contribution in [0, 0.1) is 0 Å². The zero-order valence-electron chi connectivity index (χ0n) is 19.6. The number of carbonyl (C=O) groups is 1.